The van der Waals surface area contributed by atoms with E-state index in [1.165, 1.54) is 5.56 Å². The summed E-state index contributed by atoms with van der Waals surface area (Å²) in [5, 5.41) is 6.58. The molecule has 1 aliphatic heterocycles. The lowest BCUT2D eigenvalue weighted by Gasteiger charge is -2.13. The predicted molar refractivity (Wildman–Crippen MR) is 83.5 cm³/mol. The Hall–Kier alpha value is -2.20. The summed E-state index contributed by atoms with van der Waals surface area (Å²) in [5.41, 5.74) is 4.31. The van der Waals surface area contributed by atoms with Crippen LogP contribution in [-0.2, 0) is 13.0 Å². The van der Waals surface area contributed by atoms with Crippen LogP contribution in [0.25, 0.3) is 0 Å². The number of pyridine rings is 1. The van der Waals surface area contributed by atoms with Crippen LogP contribution in [-0.4, -0.2) is 23.4 Å². The summed E-state index contributed by atoms with van der Waals surface area (Å²) in [6.45, 7) is 3.54. The van der Waals surface area contributed by atoms with Crippen molar-refractivity contribution in [3.63, 3.8) is 0 Å². The van der Waals surface area contributed by atoms with Crippen molar-refractivity contribution in [2.45, 2.75) is 25.9 Å². The summed E-state index contributed by atoms with van der Waals surface area (Å²) in [5.74, 6) is 0.138. The molecule has 4 nitrogen and oxygen atoms in total. The third-order valence-corrected chi connectivity index (χ3v) is 3.85. The van der Waals surface area contributed by atoms with Gasteiger partial charge >= 0.3 is 0 Å². The van der Waals surface area contributed by atoms with Crippen molar-refractivity contribution in [3.8, 4) is 0 Å². The average Bonchev–Trinajstić information content (AvgIpc) is 3.00. The largest absolute Gasteiger partial charge is 0.384 e. The molecule has 0 aliphatic carbocycles. The summed E-state index contributed by atoms with van der Waals surface area (Å²) in [6, 6.07) is 9.62. The van der Waals surface area contributed by atoms with Crippen molar-refractivity contribution in [1.29, 1.82) is 0 Å². The van der Waals surface area contributed by atoms with E-state index in [0.717, 1.165) is 29.8 Å². The van der Waals surface area contributed by atoms with Crippen LogP contribution in [0, 0.1) is 0 Å². The number of benzene rings is 1. The van der Waals surface area contributed by atoms with E-state index in [4.69, 9.17) is 0 Å². The van der Waals surface area contributed by atoms with E-state index in [2.05, 4.69) is 15.6 Å². The maximum absolute atomic E-state index is 12.5. The van der Waals surface area contributed by atoms with Crippen molar-refractivity contribution in [2.75, 3.05) is 11.9 Å². The molecule has 0 fully saturated rings. The Balaban J connectivity index is 1.64. The third-order valence-electron chi connectivity index (χ3n) is 3.85. The minimum atomic E-state index is -0.203. The molecule has 2 heterocycles. The fourth-order valence-electron chi connectivity index (χ4n) is 2.57. The van der Waals surface area contributed by atoms with Gasteiger partial charge < -0.3 is 10.6 Å². The summed E-state index contributed by atoms with van der Waals surface area (Å²) in [7, 11) is 0. The van der Waals surface area contributed by atoms with Crippen molar-refractivity contribution >= 4 is 11.5 Å². The first kappa shape index (κ1) is 13.8. The lowest BCUT2D eigenvalue weighted by atomic mass is 10.0. The lowest BCUT2D eigenvalue weighted by molar-refractivity contribution is 0.0950. The number of fused-ring (bicyclic) bond motifs is 1. The van der Waals surface area contributed by atoms with Crippen molar-refractivity contribution < 1.29 is 4.79 Å². The van der Waals surface area contributed by atoms with Crippen LogP contribution >= 0.6 is 0 Å². The highest BCUT2D eigenvalue weighted by molar-refractivity contribution is 6.00. The minimum Gasteiger partial charge on any atom is -0.384 e. The molecule has 4 heteroatoms. The van der Waals surface area contributed by atoms with Crippen molar-refractivity contribution in [3.05, 3.63) is 59.4 Å². The van der Waals surface area contributed by atoms with Crippen molar-refractivity contribution in [2.24, 2.45) is 0 Å². The Morgan fingerprint density at radius 1 is 1.33 bits per heavy atom. The predicted octanol–water partition coefficient (Wildman–Crippen LogP) is 2.41. The van der Waals surface area contributed by atoms with E-state index in [9.17, 15) is 4.79 Å². The average molecular weight is 281 g/mol. The number of nitrogens with one attached hydrogen (secondary N) is 2. The smallest absolute Gasteiger partial charge is 0.179 e. The summed E-state index contributed by atoms with van der Waals surface area (Å²) < 4.78 is 0. The van der Waals surface area contributed by atoms with E-state index in [0.29, 0.717) is 6.54 Å². The first-order chi connectivity index (χ1) is 10.2. The number of anilines is 1. The van der Waals surface area contributed by atoms with Gasteiger partial charge in [0.15, 0.2) is 5.78 Å². The van der Waals surface area contributed by atoms with Gasteiger partial charge in [-0.25, -0.2) is 0 Å². The number of ketones is 1. The number of hydrogen-bond acceptors (Lipinski definition) is 4. The zero-order valence-corrected chi connectivity index (χ0v) is 12.1. The number of hydrogen-bond donors (Lipinski definition) is 2. The fraction of sp³-hybridized carbons (Fsp3) is 0.294. The Morgan fingerprint density at radius 3 is 2.95 bits per heavy atom. The molecule has 1 atom stereocenters. The highest BCUT2D eigenvalue weighted by Gasteiger charge is 2.17. The maximum Gasteiger partial charge on any atom is 0.179 e. The van der Waals surface area contributed by atoms with Gasteiger partial charge in [0.1, 0.15) is 0 Å². The summed E-state index contributed by atoms with van der Waals surface area (Å²) in [4.78, 5) is 16.5. The van der Waals surface area contributed by atoms with Crippen molar-refractivity contribution in [1.82, 2.24) is 10.3 Å². The van der Waals surface area contributed by atoms with E-state index in [1.807, 2.05) is 37.3 Å². The Kier molecular flexibility index (Phi) is 3.97. The second kappa shape index (κ2) is 6.06. The molecule has 1 aromatic heterocycles. The van der Waals surface area contributed by atoms with E-state index < -0.39 is 0 Å². The minimum absolute atomic E-state index is 0.138. The van der Waals surface area contributed by atoms with Gasteiger partial charge in [0.05, 0.1) is 6.04 Å². The molecule has 21 heavy (non-hydrogen) atoms. The second-order valence-corrected chi connectivity index (χ2v) is 5.37. The Morgan fingerprint density at radius 2 is 2.14 bits per heavy atom. The number of carbonyl (C=O) groups is 1. The van der Waals surface area contributed by atoms with Crippen LogP contribution in [0.5, 0.6) is 0 Å². The molecule has 0 saturated heterocycles. The molecule has 1 aromatic carbocycles. The zero-order chi connectivity index (χ0) is 14.7. The van der Waals surface area contributed by atoms with Gasteiger partial charge in [0.25, 0.3) is 0 Å². The first-order valence-electron chi connectivity index (χ1n) is 7.27. The van der Waals surface area contributed by atoms with Crippen LogP contribution in [0.4, 0.5) is 5.69 Å². The van der Waals surface area contributed by atoms with Gasteiger partial charge in [-0.2, -0.15) is 0 Å². The molecule has 0 spiro atoms. The third kappa shape index (κ3) is 3.11. The Labute approximate surface area is 124 Å². The molecule has 1 unspecified atom stereocenters. The van der Waals surface area contributed by atoms with Gasteiger partial charge in [0, 0.05) is 36.7 Å². The monoisotopic (exact) mass is 281 g/mol. The fourth-order valence-corrected chi connectivity index (χ4v) is 2.57. The van der Waals surface area contributed by atoms with Crippen LogP contribution in [0.2, 0.25) is 0 Å². The normalized spacial score (nSPS) is 14.3. The molecule has 1 aliphatic rings. The van der Waals surface area contributed by atoms with E-state index in [1.54, 1.807) is 12.4 Å². The quantitative estimate of drug-likeness (QED) is 0.826. The molecule has 2 aromatic rings. The van der Waals surface area contributed by atoms with Gasteiger partial charge in [-0.15, -0.1) is 0 Å². The standard InChI is InChI=1S/C17H19N3O/c1-12(20-11-13-4-7-18-8-5-13)17(21)15-2-3-16-14(10-15)6-9-19-16/h2-5,7-8,10,12,19-20H,6,9,11H2,1H3. The lowest BCUT2D eigenvalue weighted by Crippen LogP contribution is -2.33. The summed E-state index contributed by atoms with van der Waals surface area (Å²) >= 11 is 0. The van der Waals surface area contributed by atoms with E-state index in [-0.39, 0.29) is 11.8 Å². The van der Waals surface area contributed by atoms with Crippen LogP contribution < -0.4 is 10.6 Å². The number of carbonyl (C=O) groups excluding carboxylic acids is 1. The highest BCUT2D eigenvalue weighted by Crippen LogP contribution is 2.23. The van der Waals surface area contributed by atoms with Gasteiger partial charge in [-0.05, 0) is 54.8 Å². The number of rotatable bonds is 5. The maximum atomic E-state index is 12.5. The molecule has 0 bridgehead atoms. The number of nitrogens with zero attached hydrogens (tertiary/aromatic N) is 1. The summed E-state index contributed by atoms with van der Waals surface area (Å²) in [6.07, 6.45) is 4.52. The van der Waals surface area contributed by atoms with Crippen LogP contribution in [0.1, 0.15) is 28.4 Å². The van der Waals surface area contributed by atoms with Crippen LogP contribution in [0.15, 0.2) is 42.7 Å². The van der Waals surface area contributed by atoms with Gasteiger partial charge in [0.2, 0.25) is 0 Å². The zero-order valence-electron chi connectivity index (χ0n) is 12.1. The SMILES string of the molecule is CC(NCc1ccncc1)C(=O)c1ccc2c(c1)CCN2. The molecule has 108 valence electrons. The number of Topliss-reactive ketones (excluding diaryl/α,β-unsaturated/α-hetero) is 1. The Bertz CT molecular complexity index is 640. The van der Waals surface area contributed by atoms with E-state index >= 15 is 0 Å². The number of aromatic nitrogens is 1. The molecule has 3 rings (SSSR count). The van der Waals surface area contributed by atoms with Crippen LogP contribution in [0.3, 0.4) is 0 Å². The molecule has 2 N–H and O–H groups in total. The second-order valence-electron chi connectivity index (χ2n) is 5.37. The molecule has 0 amide bonds. The van der Waals surface area contributed by atoms with Gasteiger partial charge in [-0.1, -0.05) is 0 Å². The molecular formula is C17H19N3O. The first-order valence-corrected chi connectivity index (χ1v) is 7.27. The van der Waals surface area contributed by atoms with Gasteiger partial charge in [-0.3, -0.25) is 9.78 Å². The molecule has 0 radical (unpaired) electrons. The molecule has 0 saturated carbocycles. The topological polar surface area (TPSA) is 54.0 Å². The molecular weight excluding hydrogens is 262 g/mol. The highest BCUT2D eigenvalue weighted by atomic mass is 16.1.